The van der Waals surface area contributed by atoms with Crippen molar-refractivity contribution in [2.75, 3.05) is 0 Å². The quantitative estimate of drug-likeness (QED) is 0.163. The van der Waals surface area contributed by atoms with Crippen molar-refractivity contribution in [2.24, 2.45) is 0 Å². The minimum Gasteiger partial charge on any atom is -0.208 e. The zero-order chi connectivity index (χ0) is 39.2. The monoisotopic (exact) mass is 751 g/mol. The molecule has 0 aliphatic heterocycles. The zero-order valence-electron chi connectivity index (χ0n) is 32.2. The molecule has 10 aromatic rings. The molecule has 0 unspecified atom stereocenters. The normalized spacial score (nSPS) is 12.5. The Morgan fingerprint density at radius 1 is 0.288 bits per heavy atom. The number of nitrogens with zero attached hydrogens (tertiary/aromatic N) is 3. The van der Waals surface area contributed by atoms with Crippen LogP contribution in [0.25, 0.3) is 78.3 Å². The topological polar surface area (TPSA) is 38.7 Å². The second kappa shape index (κ2) is 14.3. The average molecular weight is 752 g/mol. The van der Waals surface area contributed by atoms with Gasteiger partial charge < -0.3 is 0 Å². The molecule has 1 heterocycles. The first kappa shape index (κ1) is 34.5. The fourth-order valence-electron chi connectivity index (χ4n) is 9.08. The van der Waals surface area contributed by atoms with Gasteiger partial charge in [-0.2, -0.15) is 0 Å². The predicted molar refractivity (Wildman–Crippen MR) is 242 cm³/mol. The van der Waals surface area contributed by atoms with E-state index in [0.29, 0.717) is 17.5 Å². The summed E-state index contributed by atoms with van der Waals surface area (Å²) < 4.78 is 0. The molecule has 276 valence electrons. The molecule has 11 rings (SSSR count). The van der Waals surface area contributed by atoms with Gasteiger partial charge in [0, 0.05) is 16.7 Å². The molecule has 0 atom stereocenters. The van der Waals surface area contributed by atoms with E-state index in [9.17, 15) is 0 Å². The van der Waals surface area contributed by atoms with Gasteiger partial charge in [0.15, 0.2) is 17.5 Å². The van der Waals surface area contributed by atoms with Gasteiger partial charge in [0.25, 0.3) is 0 Å². The second-order valence-corrected chi connectivity index (χ2v) is 15.1. The summed E-state index contributed by atoms with van der Waals surface area (Å²) >= 11 is 0. The highest BCUT2D eigenvalue weighted by Gasteiger charge is 2.46. The lowest BCUT2D eigenvalue weighted by molar-refractivity contribution is 0.769. The highest BCUT2D eigenvalue weighted by Crippen LogP contribution is 2.57. The summed E-state index contributed by atoms with van der Waals surface area (Å²) in [6, 6.07) is 80.1. The minimum atomic E-state index is -0.429. The van der Waals surface area contributed by atoms with Crippen LogP contribution in [0.2, 0.25) is 0 Å². The fraction of sp³-hybridized carbons (Fsp3) is 0.0179. The molecule has 3 heteroatoms. The van der Waals surface area contributed by atoms with Crippen molar-refractivity contribution >= 4 is 10.8 Å². The first-order chi connectivity index (χ1) is 29.2. The Labute approximate surface area is 344 Å². The van der Waals surface area contributed by atoms with E-state index in [1.807, 2.05) is 36.4 Å². The molecule has 0 saturated carbocycles. The maximum atomic E-state index is 5.09. The summed E-state index contributed by atoms with van der Waals surface area (Å²) in [6.07, 6.45) is 0. The third kappa shape index (κ3) is 5.86. The smallest absolute Gasteiger partial charge is 0.164 e. The zero-order valence-corrected chi connectivity index (χ0v) is 32.2. The summed E-state index contributed by atoms with van der Waals surface area (Å²) in [5.41, 5.74) is 14.7. The number of aromatic nitrogens is 3. The standard InChI is InChI=1S/C56H37N3/c1-5-16-38(17-6-1)39-28-30-41(31-29-39)54-57-53(40-18-7-2-8-19-40)58-55(59-54)45-21-15-20-42(37-45)43-32-34-48-44(36-43)33-35-51-52(48)49-26-13-14-27-50(49)56(51,46-22-9-3-10-23-46)47-24-11-4-12-25-47/h1-37H. The maximum absolute atomic E-state index is 5.09. The largest absolute Gasteiger partial charge is 0.208 e. The molecule has 0 fully saturated rings. The summed E-state index contributed by atoms with van der Waals surface area (Å²) in [4.78, 5) is 15.1. The van der Waals surface area contributed by atoms with Crippen LogP contribution in [-0.2, 0) is 5.41 Å². The van der Waals surface area contributed by atoms with Crippen LogP contribution in [0.4, 0.5) is 0 Å². The van der Waals surface area contributed by atoms with Gasteiger partial charge >= 0.3 is 0 Å². The van der Waals surface area contributed by atoms with Gasteiger partial charge in [-0.05, 0) is 78.5 Å². The number of benzene rings is 9. The van der Waals surface area contributed by atoms with E-state index in [1.54, 1.807) is 0 Å². The number of hydrogen-bond donors (Lipinski definition) is 0. The first-order valence-electron chi connectivity index (χ1n) is 20.1. The Bertz CT molecular complexity index is 3080. The van der Waals surface area contributed by atoms with Gasteiger partial charge in [-0.15, -0.1) is 0 Å². The van der Waals surface area contributed by atoms with E-state index >= 15 is 0 Å². The molecule has 3 nitrogen and oxygen atoms in total. The Hall–Kier alpha value is -7.75. The molecule has 1 aliphatic carbocycles. The molecular weight excluding hydrogens is 715 g/mol. The van der Waals surface area contributed by atoms with Crippen molar-refractivity contribution in [1.82, 2.24) is 15.0 Å². The van der Waals surface area contributed by atoms with E-state index in [4.69, 9.17) is 15.0 Å². The number of hydrogen-bond acceptors (Lipinski definition) is 3. The Kier molecular flexibility index (Phi) is 8.37. The van der Waals surface area contributed by atoms with Crippen molar-refractivity contribution < 1.29 is 0 Å². The molecule has 0 spiro atoms. The van der Waals surface area contributed by atoms with Crippen LogP contribution in [-0.4, -0.2) is 15.0 Å². The van der Waals surface area contributed by atoms with Gasteiger partial charge in [0.2, 0.25) is 0 Å². The van der Waals surface area contributed by atoms with E-state index in [-0.39, 0.29) is 0 Å². The van der Waals surface area contributed by atoms with Crippen molar-refractivity contribution in [3.8, 4) is 67.5 Å². The number of fused-ring (bicyclic) bond motifs is 5. The third-order valence-electron chi connectivity index (χ3n) is 11.8. The van der Waals surface area contributed by atoms with Crippen LogP contribution in [0.5, 0.6) is 0 Å². The van der Waals surface area contributed by atoms with Crippen LogP contribution in [0.15, 0.2) is 224 Å². The van der Waals surface area contributed by atoms with Crippen molar-refractivity contribution in [2.45, 2.75) is 5.41 Å². The average Bonchev–Trinajstić information content (AvgIpc) is 3.64. The van der Waals surface area contributed by atoms with Crippen molar-refractivity contribution in [3.63, 3.8) is 0 Å². The Balaban J connectivity index is 1.02. The van der Waals surface area contributed by atoms with Gasteiger partial charge in [-0.25, -0.2) is 15.0 Å². The molecule has 0 saturated heterocycles. The van der Waals surface area contributed by atoms with Gasteiger partial charge in [-0.3, -0.25) is 0 Å². The molecule has 59 heavy (non-hydrogen) atoms. The van der Waals surface area contributed by atoms with Gasteiger partial charge in [0.1, 0.15) is 0 Å². The van der Waals surface area contributed by atoms with Crippen LogP contribution in [0.3, 0.4) is 0 Å². The van der Waals surface area contributed by atoms with Crippen molar-refractivity contribution in [1.29, 1.82) is 0 Å². The lowest BCUT2D eigenvalue weighted by atomic mass is 9.67. The van der Waals surface area contributed by atoms with Crippen LogP contribution < -0.4 is 0 Å². The summed E-state index contributed by atoms with van der Waals surface area (Å²) in [5.74, 6) is 1.92. The van der Waals surface area contributed by atoms with E-state index in [2.05, 4.69) is 188 Å². The Morgan fingerprint density at radius 3 is 1.41 bits per heavy atom. The molecule has 1 aliphatic rings. The summed E-state index contributed by atoms with van der Waals surface area (Å²) in [7, 11) is 0. The minimum absolute atomic E-state index is 0.429. The Morgan fingerprint density at radius 2 is 0.746 bits per heavy atom. The lowest BCUT2D eigenvalue weighted by Gasteiger charge is -2.33. The predicted octanol–water partition coefficient (Wildman–Crippen LogP) is 13.7. The summed E-state index contributed by atoms with van der Waals surface area (Å²) in [6.45, 7) is 0. The first-order valence-corrected chi connectivity index (χ1v) is 20.1. The molecule has 0 amide bonds. The van der Waals surface area contributed by atoms with E-state index < -0.39 is 5.41 Å². The van der Waals surface area contributed by atoms with Crippen LogP contribution in [0, 0.1) is 0 Å². The molecular formula is C56H37N3. The molecule has 0 N–H and O–H groups in total. The van der Waals surface area contributed by atoms with Crippen LogP contribution >= 0.6 is 0 Å². The van der Waals surface area contributed by atoms with Crippen LogP contribution in [0.1, 0.15) is 22.3 Å². The third-order valence-corrected chi connectivity index (χ3v) is 11.8. The van der Waals surface area contributed by atoms with Gasteiger partial charge in [0.05, 0.1) is 5.41 Å². The molecule has 1 aromatic heterocycles. The molecule has 9 aromatic carbocycles. The number of rotatable bonds is 7. The van der Waals surface area contributed by atoms with E-state index in [1.165, 1.54) is 49.7 Å². The summed E-state index contributed by atoms with van der Waals surface area (Å²) in [5, 5.41) is 2.45. The van der Waals surface area contributed by atoms with Crippen molar-refractivity contribution in [3.05, 3.63) is 247 Å². The molecule has 0 bridgehead atoms. The lowest BCUT2D eigenvalue weighted by Crippen LogP contribution is -2.28. The second-order valence-electron chi connectivity index (χ2n) is 15.1. The maximum Gasteiger partial charge on any atom is 0.164 e. The highest BCUT2D eigenvalue weighted by molar-refractivity contribution is 6.05. The SMILES string of the molecule is c1ccc(-c2ccc(-c3nc(-c4ccccc4)nc(-c4cccc(-c5ccc6c7c(ccc6c5)C(c5ccccc5)(c5ccccc5)c5ccccc5-7)c4)n3)cc2)cc1. The fourth-order valence-corrected chi connectivity index (χ4v) is 9.08. The molecule has 0 radical (unpaired) electrons. The van der Waals surface area contributed by atoms with Gasteiger partial charge in [-0.1, -0.05) is 212 Å². The van der Waals surface area contributed by atoms with E-state index in [0.717, 1.165) is 33.4 Å². The highest BCUT2D eigenvalue weighted by atomic mass is 15.0.